The van der Waals surface area contributed by atoms with E-state index in [9.17, 15) is 13.2 Å². The van der Waals surface area contributed by atoms with Crippen molar-refractivity contribution in [1.82, 2.24) is 4.31 Å². The van der Waals surface area contributed by atoms with Crippen molar-refractivity contribution in [1.29, 1.82) is 0 Å². The van der Waals surface area contributed by atoms with Crippen LogP contribution in [-0.4, -0.2) is 39.4 Å². The molecule has 0 aliphatic heterocycles. The Hall–Kier alpha value is -3.41. The zero-order chi connectivity index (χ0) is 23.7. The van der Waals surface area contributed by atoms with Crippen LogP contribution in [0.5, 0.6) is 0 Å². The number of ether oxygens (including phenoxy) is 2. The van der Waals surface area contributed by atoms with E-state index in [1.165, 1.54) is 32.4 Å². The molecule has 0 aromatic heterocycles. The van der Waals surface area contributed by atoms with Gasteiger partial charge in [0.1, 0.15) is 12.3 Å². The van der Waals surface area contributed by atoms with Gasteiger partial charge < -0.3 is 14.8 Å². The number of amides is 1. The summed E-state index contributed by atoms with van der Waals surface area (Å²) in [4.78, 5) is 12.8. The molecule has 168 valence electrons. The minimum Gasteiger partial charge on any atom is -0.499 e. The maximum atomic E-state index is 13.5. The van der Waals surface area contributed by atoms with E-state index in [-0.39, 0.29) is 22.1 Å². The van der Waals surface area contributed by atoms with Gasteiger partial charge in [-0.25, -0.2) is 8.42 Å². The monoisotopic (exact) mass is 474 g/mol. The quantitative estimate of drug-likeness (QED) is 0.337. The van der Waals surface area contributed by atoms with Gasteiger partial charge in [0.2, 0.25) is 5.91 Å². The Labute approximate surface area is 193 Å². The average molecular weight is 475 g/mol. The van der Waals surface area contributed by atoms with Crippen LogP contribution in [0.3, 0.4) is 0 Å². The molecule has 0 atom stereocenters. The number of sulfonamides is 1. The minimum atomic E-state index is -4.18. The molecule has 0 saturated carbocycles. The molecule has 0 unspecified atom stereocenters. The molecular formula is C23H23ClN2O5S. The van der Waals surface area contributed by atoms with Gasteiger partial charge in [-0.05, 0) is 37.1 Å². The molecule has 2 aromatic rings. The second-order valence-electron chi connectivity index (χ2n) is 6.36. The Balaban J connectivity index is 2.58. The molecule has 0 aliphatic carbocycles. The van der Waals surface area contributed by atoms with Crippen LogP contribution in [0.1, 0.15) is 6.92 Å². The fraction of sp³-hybridized carbons (Fsp3) is 0.174. The molecule has 2 rings (SSSR count). The van der Waals surface area contributed by atoms with Crippen LogP contribution in [0, 0.1) is 12.3 Å². The van der Waals surface area contributed by atoms with Crippen LogP contribution in [0.4, 0.5) is 5.69 Å². The van der Waals surface area contributed by atoms with Crippen molar-refractivity contribution in [2.75, 3.05) is 26.1 Å². The number of halogens is 1. The number of anilines is 1. The summed E-state index contributed by atoms with van der Waals surface area (Å²) in [6, 6.07) is 14.3. The molecule has 0 fully saturated rings. The lowest BCUT2D eigenvalue weighted by Crippen LogP contribution is -2.37. The minimum absolute atomic E-state index is 0.0139. The van der Waals surface area contributed by atoms with Gasteiger partial charge in [-0.2, -0.15) is 0 Å². The number of carbonyl (C=O) groups is 1. The number of hydrogen-bond acceptors (Lipinski definition) is 5. The standard InChI is InChI=1S/C23H23ClN2O5S/c1-5-18(31-4)15-22(17(2)30-3)26(32(28,29)19-11-7-6-8-12-19)16-23(27)25-21-14-10-9-13-20(21)24/h1,6-15H,16H2,2-4H3,(H,25,27). The van der Waals surface area contributed by atoms with Gasteiger partial charge in [-0.15, -0.1) is 6.42 Å². The van der Waals surface area contributed by atoms with Crippen molar-refractivity contribution in [3.05, 3.63) is 82.9 Å². The predicted molar refractivity (Wildman–Crippen MR) is 124 cm³/mol. The average Bonchev–Trinajstić information content (AvgIpc) is 2.80. The second kappa shape index (κ2) is 11.3. The molecule has 32 heavy (non-hydrogen) atoms. The Morgan fingerprint density at radius 1 is 1.12 bits per heavy atom. The normalized spacial score (nSPS) is 12.3. The number of allylic oxidation sites excluding steroid dienone is 3. The predicted octanol–water partition coefficient (Wildman–Crippen LogP) is 4.01. The lowest BCUT2D eigenvalue weighted by atomic mass is 10.3. The van der Waals surface area contributed by atoms with Gasteiger partial charge >= 0.3 is 0 Å². The van der Waals surface area contributed by atoms with Crippen molar-refractivity contribution < 1.29 is 22.7 Å². The summed E-state index contributed by atoms with van der Waals surface area (Å²) in [6.07, 6.45) is 6.77. The maximum Gasteiger partial charge on any atom is 0.264 e. The molecule has 0 spiro atoms. The number of terminal acetylenes is 1. The van der Waals surface area contributed by atoms with Crippen molar-refractivity contribution in [3.63, 3.8) is 0 Å². The number of benzene rings is 2. The highest BCUT2D eigenvalue weighted by atomic mass is 35.5. The highest BCUT2D eigenvalue weighted by molar-refractivity contribution is 7.89. The van der Waals surface area contributed by atoms with Gasteiger partial charge in [0, 0.05) is 6.08 Å². The van der Waals surface area contributed by atoms with Crippen LogP contribution in [0.2, 0.25) is 5.02 Å². The van der Waals surface area contributed by atoms with E-state index in [4.69, 9.17) is 27.5 Å². The first-order valence-corrected chi connectivity index (χ1v) is 11.2. The summed E-state index contributed by atoms with van der Waals surface area (Å²) in [5.74, 6) is 1.96. The fourth-order valence-electron chi connectivity index (χ4n) is 2.64. The zero-order valence-corrected chi connectivity index (χ0v) is 19.4. The van der Waals surface area contributed by atoms with Crippen LogP contribution < -0.4 is 5.32 Å². The van der Waals surface area contributed by atoms with E-state index in [1.807, 2.05) is 0 Å². The smallest absolute Gasteiger partial charge is 0.264 e. The van der Waals surface area contributed by atoms with Crippen molar-refractivity contribution in [2.45, 2.75) is 11.8 Å². The summed E-state index contributed by atoms with van der Waals surface area (Å²) < 4.78 is 38.3. The van der Waals surface area contributed by atoms with Crippen LogP contribution in [0.25, 0.3) is 0 Å². The van der Waals surface area contributed by atoms with E-state index in [1.54, 1.807) is 49.4 Å². The summed E-state index contributed by atoms with van der Waals surface area (Å²) >= 11 is 6.11. The number of methoxy groups -OCH3 is 2. The van der Waals surface area contributed by atoms with Crippen LogP contribution >= 0.6 is 11.6 Å². The van der Waals surface area contributed by atoms with Crippen molar-refractivity contribution >= 4 is 33.2 Å². The second-order valence-corrected chi connectivity index (χ2v) is 8.62. The first-order chi connectivity index (χ1) is 15.2. The summed E-state index contributed by atoms with van der Waals surface area (Å²) in [6.45, 7) is 0.978. The Kier molecular flexibility index (Phi) is 8.76. The fourth-order valence-corrected chi connectivity index (χ4v) is 4.31. The lowest BCUT2D eigenvalue weighted by molar-refractivity contribution is -0.116. The van der Waals surface area contributed by atoms with Crippen molar-refractivity contribution in [3.8, 4) is 12.3 Å². The van der Waals surface area contributed by atoms with E-state index < -0.39 is 22.5 Å². The zero-order valence-electron chi connectivity index (χ0n) is 17.8. The SMILES string of the molecule is C#CC(=CC(=C(C)OC)N(CC(=O)Nc1ccccc1Cl)S(=O)(=O)c1ccccc1)OC. The van der Waals surface area contributed by atoms with Gasteiger partial charge in [-0.1, -0.05) is 41.9 Å². The number of rotatable bonds is 9. The third-order valence-electron chi connectivity index (χ3n) is 4.33. The number of nitrogens with zero attached hydrogens (tertiary/aromatic N) is 1. The van der Waals surface area contributed by atoms with Crippen LogP contribution in [0.15, 0.2) is 82.8 Å². The number of carbonyl (C=O) groups excluding carboxylic acids is 1. The van der Waals surface area contributed by atoms with E-state index in [0.29, 0.717) is 10.7 Å². The molecule has 0 bridgehead atoms. The topological polar surface area (TPSA) is 84.9 Å². The highest BCUT2D eigenvalue weighted by Crippen LogP contribution is 2.26. The molecular weight excluding hydrogens is 452 g/mol. The van der Waals surface area contributed by atoms with Crippen LogP contribution in [-0.2, 0) is 24.3 Å². The Morgan fingerprint density at radius 3 is 2.31 bits per heavy atom. The van der Waals surface area contributed by atoms with E-state index >= 15 is 0 Å². The molecule has 9 heteroatoms. The third kappa shape index (κ3) is 6.06. The maximum absolute atomic E-state index is 13.5. The molecule has 0 radical (unpaired) electrons. The molecule has 1 N–H and O–H groups in total. The third-order valence-corrected chi connectivity index (χ3v) is 6.44. The van der Waals surface area contributed by atoms with Gasteiger partial charge in [-0.3, -0.25) is 9.10 Å². The summed E-state index contributed by atoms with van der Waals surface area (Å²) in [5.41, 5.74) is 0.391. The van der Waals surface area contributed by atoms with E-state index in [2.05, 4.69) is 11.2 Å². The first-order valence-electron chi connectivity index (χ1n) is 9.34. The first kappa shape index (κ1) is 24.9. The highest BCUT2D eigenvalue weighted by Gasteiger charge is 2.30. The van der Waals surface area contributed by atoms with Gasteiger partial charge in [0.05, 0.1) is 35.5 Å². The molecule has 0 saturated heterocycles. The lowest BCUT2D eigenvalue weighted by Gasteiger charge is -2.26. The molecule has 1 amide bonds. The van der Waals surface area contributed by atoms with Crippen molar-refractivity contribution in [2.24, 2.45) is 0 Å². The number of nitrogens with one attached hydrogen (secondary N) is 1. The Morgan fingerprint density at radius 2 is 1.75 bits per heavy atom. The molecule has 0 heterocycles. The molecule has 0 aliphatic rings. The Bertz CT molecular complexity index is 1170. The van der Waals surface area contributed by atoms with Gasteiger partial charge in [0.25, 0.3) is 10.0 Å². The number of para-hydroxylation sites is 1. The summed E-state index contributed by atoms with van der Waals surface area (Å²) in [5, 5.41) is 2.94. The largest absolute Gasteiger partial charge is 0.499 e. The summed E-state index contributed by atoms with van der Waals surface area (Å²) in [7, 11) is -1.45. The molecule has 2 aromatic carbocycles. The molecule has 7 nitrogen and oxygen atoms in total. The van der Waals surface area contributed by atoms with Gasteiger partial charge in [0.15, 0.2) is 5.76 Å². The van der Waals surface area contributed by atoms with E-state index in [0.717, 1.165) is 4.31 Å². The number of hydrogen-bond donors (Lipinski definition) is 1.